The Morgan fingerprint density at radius 2 is 2.19 bits per heavy atom. The summed E-state index contributed by atoms with van der Waals surface area (Å²) in [6.45, 7) is 5.17. The maximum Gasteiger partial charge on any atom is 0.244 e. The fraction of sp³-hybridized carbons (Fsp3) is 0.714. The summed E-state index contributed by atoms with van der Waals surface area (Å²) in [6, 6.07) is 2.21. The third-order valence-electron chi connectivity index (χ3n) is 3.57. The number of ether oxygens (including phenoxy) is 1. The van der Waals surface area contributed by atoms with E-state index in [2.05, 4.69) is 10.3 Å². The van der Waals surface area contributed by atoms with Crippen LogP contribution in [-0.4, -0.2) is 50.1 Å². The summed E-state index contributed by atoms with van der Waals surface area (Å²) >= 11 is 0. The summed E-state index contributed by atoms with van der Waals surface area (Å²) in [7, 11) is -1.91. The summed E-state index contributed by atoms with van der Waals surface area (Å²) in [5.74, 6) is 0. The van der Waals surface area contributed by atoms with E-state index in [1.54, 1.807) is 19.4 Å². The first kappa shape index (κ1) is 16.5. The van der Waals surface area contributed by atoms with Gasteiger partial charge < -0.3 is 15.0 Å². The Labute approximate surface area is 126 Å². The van der Waals surface area contributed by atoms with Gasteiger partial charge in [0.2, 0.25) is 10.0 Å². The minimum atomic E-state index is -3.48. The summed E-state index contributed by atoms with van der Waals surface area (Å²) in [4.78, 5) is 3.36. The summed E-state index contributed by atoms with van der Waals surface area (Å²) < 4.78 is 31.8. The van der Waals surface area contributed by atoms with Crippen LogP contribution < -0.4 is 5.32 Å². The van der Waals surface area contributed by atoms with Crippen LogP contribution in [0.25, 0.3) is 0 Å². The fourth-order valence-electron chi connectivity index (χ4n) is 2.18. The number of hydrogen-bond donors (Lipinski definition) is 2. The second-order valence-corrected chi connectivity index (χ2v) is 7.61. The molecule has 1 heterocycles. The standard InChI is InChI=1S/C14H25N3O3S/c1-11(2)17(6-7-20-3)21(18,19)14-8-13(16-10-14)9-15-12-4-5-12/h8,10-12,15-16H,4-7,9H2,1-3H3. The van der Waals surface area contributed by atoms with E-state index in [1.807, 2.05) is 13.8 Å². The maximum atomic E-state index is 12.7. The molecule has 120 valence electrons. The van der Waals surface area contributed by atoms with Gasteiger partial charge in [0.25, 0.3) is 0 Å². The molecule has 2 rings (SSSR count). The van der Waals surface area contributed by atoms with Gasteiger partial charge in [-0.2, -0.15) is 4.31 Å². The molecule has 1 aliphatic rings. The van der Waals surface area contributed by atoms with Crippen molar-refractivity contribution >= 4 is 10.0 Å². The Balaban J connectivity index is 2.08. The van der Waals surface area contributed by atoms with Crippen molar-refractivity contribution in [2.75, 3.05) is 20.3 Å². The van der Waals surface area contributed by atoms with E-state index in [-0.39, 0.29) is 6.04 Å². The highest BCUT2D eigenvalue weighted by atomic mass is 32.2. The molecule has 7 heteroatoms. The van der Waals surface area contributed by atoms with Gasteiger partial charge >= 0.3 is 0 Å². The minimum Gasteiger partial charge on any atom is -0.383 e. The first-order valence-electron chi connectivity index (χ1n) is 7.36. The van der Waals surface area contributed by atoms with Gasteiger partial charge in [-0.3, -0.25) is 0 Å². The number of rotatable bonds is 9. The van der Waals surface area contributed by atoms with Crippen LogP contribution in [0.5, 0.6) is 0 Å². The summed E-state index contributed by atoms with van der Waals surface area (Å²) in [6.07, 6.45) is 4.00. The van der Waals surface area contributed by atoms with Crippen molar-refractivity contribution in [3.05, 3.63) is 18.0 Å². The van der Waals surface area contributed by atoms with Crippen LogP contribution in [0.1, 0.15) is 32.4 Å². The van der Waals surface area contributed by atoms with E-state index in [0.29, 0.717) is 30.6 Å². The molecule has 0 bridgehead atoms. The van der Waals surface area contributed by atoms with Gasteiger partial charge in [0.05, 0.1) is 11.5 Å². The van der Waals surface area contributed by atoms with Crippen molar-refractivity contribution in [3.8, 4) is 0 Å². The molecule has 0 aromatic carbocycles. The molecule has 1 aliphatic carbocycles. The van der Waals surface area contributed by atoms with Gasteiger partial charge in [-0.25, -0.2) is 8.42 Å². The summed E-state index contributed by atoms with van der Waals surface area (Å²) in [5.41, 5.74) is 0.899. The Kier molecular flexibility index (Phi) is 5.43. The Bertz CT molecular complexity index is 550. The van der Waals surface area contributed by atoms with Crippen LogP contribution in [0.15, 0.2) is 17.2 Å². The molecule has 1 saturated carbocycles. The molecule has 0 radical (unpaired) electrons. The maximum absolute atomic E-state index is 12.7. The fourth-order valence-corrected chi connectivity index (χ4v) is 3.82. The molecular formula is C14H25N3O3S. The third kappa shape index (κ3) is 4.29. The summed E-state index contributed by atoms with van der Waals surface area (Å²) in [5, 5.41) is 3.36. The van der Waals surface area contributed by atoms with E-state index in [4.69, 9.17) is 4.74 Å². The van der Waals surface area contributed by atoms with E-state index in [1.165, 1.54) is 17.1 Å². The van der Waals surface area contributed by atoms with Crippen molar-refractivity contribution in [1.29, 1.82) is 0 Å². The Hall–Kier alpha value is -0.890. The number of aromatic nitrogens is 1. The smallest absolute Gasteiger partial charge is 0.244 e. The van der Waals surface area contributed by atoms with Crippen molar-refractivity contribution in [2.45, 2.75) is 50.2 Å². The molecule has 0 atom stereocenters. The first-order valence-corrected chi connectivity index (χ1v) is 8.80. The van der Waals surface area contributed by atoms with E-state index in [0.717, 1.165) is 5.69 Å². The second kappa shape index (κ2) is 6.91. The van der Waals surface area contributed by atoms with Gasteiger partial charge in [-0.15, -0.1) is 0 Å². The van der Waals surface area contributed by atoms with E-state index in [9.17, 15) is 8.42 Å². The predicted octanol–water partition coefficient (Wildman–Crippen LogP) is 1.31. The number of hydrogen-bond acceptors (Lipinski definition) is 4. The average molecular weight is 315 g/mol. The SMILES string of the molecule is COCCN(C(C)C)S(=O)(=O)c1c[nH]c(CNC2CC2)c1. The second-order valence-electron chi connectivity index (χ2n) is 5.72. The lowest BCUT2D eigenvalue weighted by Gasteiger charge is -2.24. The molecule has 0 unspecified atom stereocenters. The van der Waals surface area contributed by atoms with Crippen LogP contribution in [0.4, 0.5) is 0 Å². The third-order valence-corrected chi connectivity index (χ3v) is 5.63. The van der Waals surface area contributed by atoms with Crippen LogP contribution in [0, 0.1) is 0 Å². The lowest BCUT2D eigenvalue weighted by Crippen LogP contribution is -2.39. The molecule has 6 nitrogen and oxygen atoms in total. The molecule has 1 fully saturated rings. The van der Waals surface area contributed by atoms with E-state index < -0.39 is 10.0 Å². The molecule has 21 heavy (non-hydrogen) atoms. The van der Waals surface area contributed by atoms with Gasteiger partial charge in [0.1, 0.15) is 0 Å². The number of H-pyrrole nitrogens is 1. The van der Waals surface area contributed by atoms with Crippen molar-refractivity contribution in [3.63, 3.8) is 0 Å². The lowest BCUT2D eigenvalue weighted by molar-refractivity contribution is 0.171. The minimum absolute atomic E-state index is 0.104. The van der Waals surface area contributed by atoms with E-state index >= 15 is 0 Å². The molecule has 1 aromatic heterocycles. The van der Waals surface area contributed by atoms with Gasteiger partial charge in [0, 0.05) is 44.2 Å². The number of nitrogens with one attached hydrogen (secondary N) is 2. The monoisotopic (exact) mass is 315 g/mol. The van der Waals surface area contributed by atoms with Crippen LogP contribution in [0.2, 0.25) is 0 Å². The normalized spacial score (nSPS) is 16.0. The lowest BCUT2D eigenvalue weighted by atomic mass is 10.4. The zero-order chi connectivity index (χ0) is 15.5. The number of methoxy groups -OCH3 is 1. The van der Waals surface area contributed by atoms with Crippen molar-refractivity contribution in [2.24, 2.45) is 0 Å². The number of nitrogens with zero attached hydrogens (tertiary/aromatic N) is 1. The predicted molar refractivity (Wildman–Crippen MR) is 81.6 cm³/mol. The Morgan fingerprint density at radius 3 is 2.76 bits per heavy atom. The zero-order valence-electron chi connectivity index (χ0n) is 12.9. The van der Waals surface area contributed by atoms with Crippen molar-refractivity contribution < 1.29 is 13.2 Å². The van der Waals surface area contributed by atoms with Gasteiger partial charge in [0.15, 0.2) is 0 Å². The molecule has 0 amide bonds. The topological polar surface area (TPSA) is 74.4 Å². The van der Waals surface area contributed by atoms with Gasteiger partial charge in [-0.05, 0) is 32.8 Å². The quantitative estimate of drug-likeness (QED) is 0.720. The van der Waals surface area contributed by atoms with Crippen molar-refractivity contribution in [1.82, 2.24) is 14.6 Å². The molecule has 1 aromatic rings. The highest BCUT2D eigenvalue weighted by molar-refractivity contribution is 7.89. The molecule has 2 N–H and O–H groups in total. The molecule has 0 spiro atoms. The highest BCUT2D eigenvalue weighted by Crippen LogP contribution is 2.21. The highest BCUT2D eigenvalue weighted by Gasteiger charge is 2.28. The van der Waals surface area contributed by atoms with Crippen LogP contribution in [-0.2, 0) is 21.3 Å². The largest absolute Gasteiger partial charge is 0.383 e. The van der Waals surface area contributed by atoms with Crippen LogP contribution >= 0.6 is 0 Å². The number of aromatic amines is 1. The number of sulfonamides is 1. The first-order chi connectivity index (χ1) is 9.95. The van der Waals surface area contributed by atoms with Gasteiger partial charge in [-0.1, -0.05) is 0 Å². The molecule has 0 saturated heterocycles. The Morgan fingerprint density at radius 1 is 1.48 bits per heavy atom. The van der Waals surface area contributed by atoms with Crippen LogP contribution in [0.3, 0.4) is 0 Å². The zero-order valence-corrected chi connectivity index (χ0v) is 13.7. The average Bonchev–Trinajstić information content (AvgIpc) is 3.12. The molecular weight excluding hydrogens is 290 g/mol. The molecule has 0 aliphatic heterocycles.